The van der Waals surface area contributed by atoms with E-state index in [1.165, 1.54) is 6.42 Å². The molecule has 0 heterocycles. The van der Waals surface area contributed by atoms with Gasteiger partial charge in [0.2, 0.25) is 0 Å². The minimum Gasteiger partial charge on any atom is -0.459 e. The zero-order valence-corrected chi connectivity index (χ0v) is 10.0. The van der Waals surface area contributed by atoms with Gasteiger partial charge >= 0.3 is 5.97 Å². The summed E-state index contributed by atoms with van der Waals surface area (Å²) in [5, 5.41) is 0. The van der Waals surface area contributed by atoms with Gasteiger partial charge in [-0.25, -0.2) is 8.78 Å². The van der Waals surface area contributed by atoms with E-state index in [1.54, 1.807) is 0 Å². The lowest BCUT2D eigenvalue weighted by atomic mass is 9.81. The number of esters is 1. The smallest absolute Gasteiger partial charge is 0.312 e. The van der Waals surface area contributed by atoms with E-state index < -0.39 is 18.3 Å². The maximum atomic E-state index is 12.8. The molecule has 0 amide bonds. The van der Waals surface area contributed by atoms with Crippen molar-refractivity contribution in [2.45, 2.75) is 57.0 Å². The van der Waals surface area contributed by atoms with Crippen molar-refractivity contribution in [1.82, 2.24) is 0 Å². The van der Waals surface area contributed by atoms with Crippen molar-refractivity contribution in [3.63, 3.8) is 0 Å². The van der Waals surface area contributed by atoms with Gasteiger partial charge in [-0.15, -0.1) is 0 Å². The van der Waals surface area contributed by atoms with Crippen molar-refractivity contribution in [1.29, 1.82) is 0 Å². The Hall–Kier alpha value is -0.670. The average Bonchev–Trinajstić information content (AvgIpc) is 2.46. The lowest BCUT2D eigenvalue weighted by molar-refractivity contribution is -0.169. The van der Waals surface area contributed by atoms with Gasteiger partial charge in [0.15, 0.2) is 0 Å². The molecular formula is C13H18F2O2. The molecule has 0 aromatic heterocycles. The highest BCUT2D eigenvalue weighted by molar-refractivity contribution is 5.71. The van der Waals surface area contributed by atoms with Crippen LogP contribution in [0.15, 0.2) is 0 Å². The predicted octanol–water partition coefficient (Wildman–Crippen LogP) is 3.15. The monoisotopic (exact) mass is 244 g/mol. The molecule has 17 heavy (non-hydrogen) atoms. The molecule has 4 aliphatic rings. The molecule has 96 valence electrons. The first-order chi connectivity index (χ1) is 7.86. The highest BCUT2D eigenvalue weighted by Crippen LogP contribution is 2.62. The molecule has 2 unspecified atom stereocenters. The third-order valence-electron chi connectivity index (χ3n) is 4.69. The second-order valence-corrected chi connectivity index (χ2v) is 6.33. The fraction of sp³-hybridized carbons (Fsp3) is 0.923. The standard InChI is InChI=1S/C13H18F2O2/c1-12(14,15)7-11(16)17-13-5-8-2-9(6-13)4-10(13)3-8/h8-10H,2-7H2,1H3. The largest absolute Gasteiger partial charge is 0.459 e. The zero-order chi connectivity index (χ0) is 12.3. The van der Waals surface area contributed by atoms with Crippen LogP contribution in [0.2, 0.25) is 0 Å². The van der Waals surface area contributed by atoms with Crippen molar-refractivity contribution < 1.29 is 18.3 Å². The van der Waals surface area contributed by atoms with Crippen molar-refractivity contribution >= 4 is 5.97 Å². The second-order valence-electron chi connectivity index (χ2n) is 6.33. The fourth-order valence-corrected chi connectivity index (χ4v) is 4.40. The van der Waals surface area contributed by atoms with Crippen LogP contribution in [-0.4, -0.2) is 17.5 Å². The Morgan fingerprint density at radius 1 is 1.29 bits per heavy atom. The summed E-state index contributed by atoms with van der Waals surface area (Å²) >= 11 is 0. The van der Waals surface area contributed by atoms with Crippen LogP contribution < -0.4 is 0 Å². The van der Waals surface area contributed by atoms with Gasteiger partial charge in [0, 0.05) is 0 Å². The molecule has 4 bridgehead atoms. The summed E-state index contributed by atoms with van der Waals surface area (Å²) in [6, 6.07) is 0. The van der Waals surface area contributed by atoms with Crippen LogP contribution >= 0.6 is 0 Å². The first kappa shape index (κ1) is 11.4. The van der Waals surface area contributed by atoms with Gasteiger partial charge in [-0.3, -0.25) is 4.79 Å². The normalized spacial score (nSPS) is 43.1. The Bertz CT molecular complexity index is 334. The molecule has 0 N–H and O–H groups in total. The van der Waals surface area contributed by atoms with Gasteiger partial charge in [0.25, 0.3) is 5.92 Å². The Labute approximate surface area is 99.7 Å². The van der Waals surface area contributed by atoms with Crippen molar-refractivity contribution in [2.24, 2.45) is 17.8 Å². The van der Waals surface area contributed by atoms with Crippen molar-refractivity contribution in [3.05, 3.63) is 0 Å². The van der Waals surface area contributed by atoms with E-state index in [1.807, 2.05) is 0 Å². The summed E-state index contributed by atoms with van der Waals surface area (Å²) in [4.78, 5) is 11.6. The van der Waals surface area contributed by atoms with Crippen LogP contribution in [0.4, 0.5) is 8.78 Å². The van der Waals surface area contributed by atoms with E-state index in [2.05, 4.69) is 0 Å². The molecule has 0 aromatic rings. The minimum atomic E-state index is -2.96. The molecule has 4 saturated carbocycles. The number of halogens is 2. The molecule has 4 rings (SSSR count). The molecule has 4 fully saturated rings. The van der Waals surface area contributed by atoms with E-state index >= 15 is 0 Å². The van der Waals surface area contributed by atoms with Gasteiger partial charge < -0.3 is 4.74 Å². The van der Waals surface area contributed by atoms with Crippen LogP contribution in [0.3, 0.4) is 0 Å². The van der Waals surface area contributed by atoms with Crippen molar-refractivity contribution in [2.75, 3.05) is 0 Å². The molecule has 0 aliphatic heterocycles. The Morgan fingerprint density at radius 3 is 2.41 bits per heavy atom. The van der Waals surface area contributed by atoms with Crippen LogP contribution in [-0.2, 0) is 9.53 Å². The maximum absolute atomic E-state index is 12.8. The highest BCUT2D eigenvalue weighted by Gasteiger charge is 2.60. The zero-order valence-electron chi connectivity index (χ0n) is 10.0. The molecule has 2 atom stereocenters. The summed E-state index contributed by atoms with van der Waals surface area (Å²) in [6.45, 7) is 0.768. The highest BCUT2D eigenvalue weighted by atomic mass is 19.3. The molecule has 0 spiro atoms. The predicted molar refractivity (Wildman–Crippen MR) is 57.6 cm³/mol. The van der Waals surface area contributed by atoms with Crippen LogP contribution in [0.5, 0.6) is 0 Å². The second kappa shape index (κ2) is 3.42. The van der Waals surface area contributed by atoms with Gasteiger partial charge in [-0.05, 0) is 56.8 Å². The lowest BCUT2D eigenvalue weighted by Gasteiger charge is -2.32. The molecular weight excluding hydrogens is 226 g/mol. The maximum Gasteiger partial charge on any atom is 0.312 e. The topological polar surface area (TPSA) is 26.3 Å². The van der Waals surface area contributed by atoms with Gasteiger partial charge in [0.1, 0.15) is 12.0 Å². The molecule has 0 radical (unpaired) electrons. The summed E-state index contributed by atoms with van der Waals surface area (Å²) in [5.74, 6) is -1.89. The fourth-order valence-electron chi connectivity index (χ4n) is 4.40. The first-order valence-electron chi connectivity index (χ1n) is 6.46. The number of rotatable bonds is 3. The first-order valence-corrected chi connectivity index (χ1v) is 6.46. The van der Waals surface area contributed by atoms with E-state index in [0.29, 0.717) is 17.8 Å². The molecule has 2 nitrogen and oxygen atoms in total. The summed E-state index contributed by atoms with van der Waals surface area (Å²) < 4.78 is 31.0. The SMILES string of the molecule is CC(F)(F)CC(=O)OC12CC3CC(CC1C3)C2. The lowest BCUT2D eigenvalue weighted by Crippen LogP contribution is -2.37. The number of hydrogen-bond donors (Lipinski definition) is 0. The van der Waals surface area contributed by atoms with Crippen LogP contribution in [0.1, 0.15) is 45.4 Å². The van der Waals surface area contributed by atoms with Crippen molar-refractivity contribution in [3.8, 4) is 0 Å². The third kappa shape index (κ3) is 1.95. The minimum absolute atomic E-state index is 0.365. The number of hydrogen-bond acceptors (Lipinski definition) is 2. The molecule has 4 heteroatoms. The van der Waals surface area contributed by atoms with E-state index in [0.717, 1.165) is 32.6 Å². The Morgan fingerprint density at radius 2 is 1.88 bits per heavy atom. The number of alkyl halides is 2. The Kier molecular flexibility index (Phi) is 2.30. The summed E-state index contributed by atoms with van der Waals surface area (Å²) in [7, 11) is 0. The quantitative estimate of drug-likeness (QED) is 0.713. The summed E-state index contributed by atoms with van der Waals surface area (Å²) in [6.07, 6.45) is 4.56. The Balaban J connectivity index is 1.68. The number of ether oxygens (including phenoxy) is 1. The molecule has 0 aromatic carbocycles. The van der Waals surface area contributed by atoms with Crippen LogP contribution in [0.25, 0.3) is 0 Å². The average molecular weight is 244 g/mol. The van der Waals surface area contributed by atoms with E-state index in [9.17, 15) is 13.6 Å². The van der Waals surface area contributed by atoms with E-state index in [-0.39, 0.29) is 5.60 Å². The molecule has 4 aliphatic carbocycles. The van der Waals surface area contributed by atoms with Gasteiger partial charge in [0.05, 0.1) is 0 Å². The van der Waals surface area contributed by atoms with Crippen LogP contribution in [0, 0.1) is 17.8 Å². The number of carbonyl (C=O) groups excluding carboxylic acids is 1. The van der Waals surface area contributed by atoms with Gasteiger partial charge in [-0.2, -0.15) is 0 Å². The number of carbonyl (C=O) groups is 1. The molecule has 0 saturated heterocycles. The van der Waals surface area contributed by atoms with E-state index in [4.69, 9.17) is 4.74 Å². The third-order valence-corrected chi connectivity index (χ3v) is 4.69. The summed E-state index contributed by atoms with van der Waals surface area (Å²) in [5.41, 5.74) is -0.365. The van der Waals surface area contributed by atoms with Gasteiger partial charge in [-0.1, -0.05) is 0 Å².